The van der Waals surface area contributed by atoms with Crippen molar-refractivity contribution in [1.29, 1.82) is 0 Å². The molecule has 108 valence electrons. The Balaban J connectivity index is 2.29. The van der Waals surface area contributed by atoms with Gasteiger partial charge in [-0.2, -0.15) is 18.3 Å². The van der Waals surface area contributed by atoms with Gasteiger partial charge in [0.05, 0.1) is 5.52 Å². The SMILES string of the molecule is CNc1ncc(C(F)(F)F)c(-c2n[nH]c3ccccc23)n1. The molecular weight excluding hydrogens is 283 g/mol. The van der Waals surface area contributed by atoms with Crippen molar-refractivity contribution in [2.24, 2.45) is 0 Å². The number of fused-ring (bicyclic) bond motifs is 1. The maximum absolute atomic E-state index is 13.1. The molecule has 2 aromatic heterocycles. The zero-order valence-corrected chi connectivity index (χ0v) is 10.9. The highest BCUT2D eigenvalue weighted by Gasteiger charge is 2.36. The predicted octanol–water partition coefficient (Wildman–Crippen LogP) is 3.08. The molecule has 5 nitrogen and oxygen atoms in total. The number of rotatable bonds is 2. The summed E-state index contributed by atoms with van der Waals surface area (Å²) in [5.41, 5.74) is -0.375. The molecule has 2 heterocycles. The summed E-state index contributed by atoms with van der Waals surface area (Å²) in [4.78, 5) is 7.56. The van der Waals surface area contributed by atoms with Crippen LogP contribution in [0, 0.1) is 0 Å². The first-order valence-electron chi connectivity index (χ1n) is 6.06. The van der Waals surface area contributed by atoms with Gasteiger partial charge in [0.25, 0.3) is 0 Å². The number of aromatic amines is 1. The summed E-state index contributed by atoms with van der Waals surface area (Å²) >= 11 is 0. The molecule has 0 radical (unpaired) electrons. The fourth-order valence-corrected chi connectivity index (χ4v) is 2.03. The molecule has 8 heteroatoms. The van der Waals surface area contributed by atoms with Crippen LogP contribution in [0.4, 0.5) is 19.1 Å². The summed E-state index contributed by atoms with van der Waals surface area (Å²) in [5, 5.41) is 9.88. The van der Waals surface area contributed by atoms with Crippen LogP contribution < -0.4 is 5.32 Å². The highest BCUT2D eigenvalue weighted by atomic mass is 19.4. The second kappa shape index (κ2) is 4.72. The first kappa shape index (κ1) is 13.3. The van der Waals surface area contributed by atoms with Crippen LogP contribution in [0.5, 0.6) is 0 Å². The largest absolute Gasteiger partial charge is 0.420 e. The molecule has 0 spiro atoms. The van der Waals surface area contributed by atoms with Crippen molar-refractivity contribution in [3.8, 4) is 11.4 Å². The Morgan fingerprint density at radius 1 is 1.14 bits per heavy atom. The lowest BCUT2D eigenvalue weighted by Gasteiger charge is -2.11. The highest BCUT2D eigenvalue weighted by Crippen LogP contribution is 2.37. The van der Waals surface area contributed by atoms with Crippen LogP contribution >= 0.6 is 0 Å². The summed E-state index contributed by atoms with van der Waals surface area (Å²) in [6.07, 6.45) is -3.79. The van der Waals surface area contributed by atoms with E-state index >= 15 is 0 Å². The summed E-state index contributed by atoms with van der Waals surface area (Å²) in [7, 11) is 1.54. The number of alkyl halides is 3. The van der Waals surface area contributed by atoms with Crippen molar-refractivity contribution in [1.82, 2.24) is 20.2 Å². The maximum atomic E-state index is 13.1. The Bertz CT molecular complexity index is 794. The Hall–Kier alpha value is -2.64. The average molecular weight is 293 g/mol. The molecule has 0 aliphatic rings. The second-order valence-electron chi connectivity index (χ2n) is 4.32. The lowest BCUT2D eigenvalue weighted by molar-refractivity contribution is -0.137. The highest BCUT2D eigenvalue weighted by molar-refractivity contribution is 5.92. The molecule has 0 amide bonds. The molecule has 0 bridgehead atoms. The first-order chi connectivity index (χ1) is 10.0. The van der Waals surface area contributed by atoms with Crippen LogP contribution in [0.1, 0.15) is 5.56 Å². The van der Waals surface area contributed by atoms with Gasteiger partial charge >= 0.3 is 6.18 Å². The van der Waals surface area contributed by atoms with E-state index in [9.17, 15) is 13.2 Å². The number of benzene rings is 1. The normalized spacial score (nSPS) is 11.8. The number of nitrogens with one attached hydrogen (secondary N) is 2. The van der Waals surface area contributed by atoms with Gasteiger partial charge in [-0.05, 0) is 6.07 Å². The molecule has 0 saturated heterocycles. The standard InChI is InChI=1S/C13H10F3N5/c1-17-12-18-6-8(13(14,15)16)11(19-12)10-7-4-2-3-5-9(7)20-21-10/h2-6H,1H3,(H,20,21)(H,17,18,19). The van der Waals surface area contributed by atoms with E-state index in [-0.39, 0.29) is 17.3 Å². The summed E-state index contributed by atoms with van der Waals surface area (Å²) in [5.74, 6) is 0.102. The number of hydrogen-bond donors (Lipinski definition) is 2. The van der Waals surface area contributed by atoms with Gasteiger partial charge in [-0.1, -0.05) is 18.2 Å². The van der Waals surface area contributed by atoms with Crippen LogP contribution in [0.2, 0.25) is 0 Å². The van der Waals surface area contributed by atoms with Gasteiger partial charge in [0, 0.05) is 18.6 Å². The number of para-hydroxylation sites is 1. The fourth-order valence-electron chi connectivity index (χ4n) is 2.03. The Labute approximate surface area is 117 Å². The van der Waals surface area contributed by atoms with Crippen LogP contribution in [0.15, 0.2) is 30.5 Å². The predicted molar refractivity (Wildman–Crippen MR) is 71.7 cm³/mol. The third kappa shape index (κ3) is 2.28. The smallest absolute Gasteiger partial charge is 0.357 e. The Morgan fingerprint density at radius 2 is 1.90 bits per heavy atom. The molecule has 1 aromatic carbocycles. The topological polar surface area (TPSA) is 66.5 Å². The van der Waals surface area contributed by atoms with Crippen LogP contribution in [-0.2, 0) is 6.18 Å². The van der Waals surface area contributed by atoms with Gasteiger partial charge < -0.3 is 5.32 Å². The van der Waals surface area contributed by atoms with E-state index in [0.717, 1.165) is 6.20 Å². The lowest BCUT2D eigenvalue weighted by atomic mass is 10.1. The van der Waals surface area contributed by atoms with Crippen molar-refractivity contribution >= 4 is 16.9 Å². The zero-order valence-electron chi connectivity index (χ0n) is 10.9. The van der Waals surface area contributed by atoms with Crippen molar-refractivity contribution < 1.29 is 13.2 Å². The second-order valence-corrected chi connectivity index (χ2v) is 4.32. The van der Waals surface area contributed by atoms with Gasteiger partial charge in [0.1, 0.15) is 17.0 Å². The minimum absolute atomic E-state index is 0.102. The fraction of sp³-hybridized carbons (Fsp3) is 0.154. The molecule has 0 aliphatic carbocycles. The minimum Gasteiger partial charge on any atom is -0.357 e. The summed E-state index contributed by atoms with van der Waals surface area (Å²) in [6, 6.07) is 6.93. The van der Waals surface area contributed by atoms with Crippen LogP contribution in [0.3, 0.4) is 0 Å². The van der Waals surface area contributed by atoms with Crippen LogP contribution in [0.25, 0.3) is 22.3 Å². The number of aromatic nitrogens is 4. The van der Waals surface area contributed by atoms with Crippen molar-refractivity contribution in [2.75, 3.05) is 12.4 Å². The van der Waals surface area contributed by atoms with E-state index < -0.39 is 11.7 Å². The van der Waals surface area contributed by atoms with E-state index in [1.54, 1.807) is 24.3 Å². The molecule has 0 unspecified atom stereocenters. The zero-order chi connectivity index (χ0) is 15.0. The molecule has 2 N–H and O–H groups in total. The molecule has 3 rings (SSSR count). The van der Waals surface area contributed by atoms with Crippen molar-refractivity contribution in [3.05, 3.63) is 36.0 Å². The molecule has 0 aliphatic heterocycles. The number of H-pyrrole nitrogens is 1. The monoisotopic (exact) mass is 293 g/mol. The van der Waals surface area contributed by atoms with E-state index in [4.69, 9.17) is 0 Å². The van der Waals surface area contributed by atoms with E-state index in [1.165, 1.54) is 7.05 Å². The van der Waals surface area contributed by atoms with Gasteiger partial charge in [-0.3, -0.25) is 5.10 Å². The van der Waals surface area contributed by atoms with E-state index in [2.05, 4.69) is 25.5 Å². The molecule has 3 aromatic rings. The van der Waals surface area contributed by atoms with E-state index in [0.29, 0.717) is 10.9 Å². The number of halogens is 3. The number of nitrogens with zero attached hydrogens (tertiary/aromatic N) is 3. The van der Waals surface area contributed by atoms with Gasteiger partial charge in [0.15, 0.2) is 0 Å². The van der Waals surface area contributed by atoms with Crippen LogP contribution in [-0.4, -0.2) is 27.2 Å². The first-order valence-corrected chi connectivity index (χ1v) is 6.06. The van der Waals surface area contributed by atoms with Gasteiger partial charge in [-0.15, -0.1) is 0 Å². The van der Waals surface area contributed by atoms with E-state index in [1.807, 2.05) is 0 Å². The quantitative estimate of drug-likeness (QED) is 0.762. The number of anilines is 1. The summed E-state index contributed by atoms with van der Waals surface area (Å²) < 4.78 is 39.4. The van der Waals surface area contributed by atoms with Crippen molar-refractivity contribution in [2.45, 2.75) is 6.18 Å². The molecule has 0 fully saturated rings. The lowest BCUT2D eigenvalue weighted by Crippen LogP contribution is -2.11. The van der Waals surface area contributed by atoms with Gasteiger partial charge in [0.2, 0.25) is 5.95 Å². The maximum Gasteiger partial charge on any atom is 0.420 e. The minimum atomic E-state index is -4.55. The molecule has 21 heavy (non-hydrogen) atoms. The molecular formula is C13H10F3N5. The third-order valence-corrected chi connectivity index (χ3v) is 3.01. The Morgan fingerprint density at radius 3 is 2.62 bits per heavy atom. The Kier molecular flexibility index (Phi) is 3.00. The van der Waals surface area contributed by atoms with Gasteiger partial charge in [-0.25, -0.2) is 9.97 Å². The number of hydrogen-bond acceptors (Lipinski definition) is 4. The average Bonchev–Trinajstić information content (AvgIpc) is 2.89. The summed E-state index contributed by atoms with van der Waals surface area (Å²) in [6.45, 7) is 0. The molecule has 0 atom stereocenters. The van der Waals surface area contributed by atoms with Crippen molar-refractivity contribution in [3.63, 3.8) is 0 Å². The molecule has 0 saturated carbocycles. The third-order valence-electron chi connectivity index (χ3n) is 3.01.